The zero-order chi connectivity index (χ0) is 15.9. The standard InChI is InChI=1S/C17H16N4O2/c22-17(23-12-4-5-14-8-10-18-11-9-14)16-13-21(20-19-16)15-6-2-1-3-7-15/h1-3,6-11,13H,4-5,12H2. The molecule has 0 N–H and O–H groups in total. The van der Waals surface area contributed by atoms with Gasteiger partial charge in [-0.05, 0) is 42.7 Å². The average molecular weight is 308 g/mol. The van der Waals surface area contributed by atoms with E-state index >= 15 is 0 Å². The maximum atomic E-state index is 12.0. The van der Waals surface area contributed by atoms with Crippen LogP contribution >= 0.6 is 0 Å². The normalized spacial score (nSPS) is 10.4. The van der Waals surface area contributed by atoms with Crippen molar-refractivity contribution in [1.82, 2.24) is 20.0 Å². The second-order valence-corrected chi connectivity index (χ2v) is 4.98. The van der Waals surface area contributed by atoms with Gasteiger partial charge in [0.05, 0.1) is 18.5 Å². The van der Waals surface area contributed by atoms with Crippen LogP contribution in [0, 0.1) is 0 Å². The highest BCUT2D eigenvalue weighted by Crippen LogP contribution is 2.07. The van der Waals surface area contributed by atoms with Crippen molar-refractivity contribution in [2.24, 2.45) is 0 Å². The minimum Gasteiger partial charge on any atom is -0.461 e. The summed E-state index contributed by atoms with van der Waals surface area (Å²) in [7, 11) is 0. The Hall–Kier alpha value is -3.02. The lowest BCUT2D eigenvalue weighted by molar-refractivity contribution is 0.0493. The summed E-state index contributed by atoms with van der Waals surface area (Å²) in [5, 5.41) is 7.80. The fraction of sp³-hybridized carbons (Fsp3) is 0.176. The van der Waals surface area contributed by atoms with E-state index in [1.807, 2.05) is 42.5 Å². The van der Waals surface area contributed by atoms with E-state index in [1.54, 1.807) is 23.3 Å². The zero-order valence-corrected chi connectivity index (χ0v) is 12.5. The van der Waals surface area contributed by atoms with Crippen LogP contribution in [0.5, 0.6) is 0 Å². The molecule has 0 saturated carbocycles. The lowest BCUT2D eigenvalue weighted by Crippen LogP contribution is -2.07. The first kappa shape index (κ1) is 14.9. The van der Waals surface area contributed by atoms with Gasteiger partial charge in [-0.15, -0.1) is 5.10 Å². The van der Waals surface area contributed by atoms with Crippen molar-refractivity contribution in [3.05, 3.63) is 72.3 Å². The number of carbonyl (C=O) groups excluding carboxylic acids is 1. The molecule has 0 amide bonds. The number of para-hydroxylation sites is 1. The van der Waals surface area contributed by atoms with Crippen LogP contribution in [0.25, 0.3) is 5.69 Å². The van der Waals surface area contributed by atoms with Crippen LogP contribution in [-0.2, 0) is 11.2 Å². The number of carbonyl (C=O) groups is 1. The molecule has 0 aliphatic heterocycles. The Morgan fingerprint density at radius 3 is 2.65 bits per heavy atom. The number of aryl methyl sites for hydroxylation is 1. The number of esters is 1. The van der Waals surface area contributed by atoms with E-state index in [4.69, 9.17) is 4.74 Å². The summed E-state index contributed by atoms with van der Waals surface area (Å²) in [6.45, 7) is 0.347. The van der Waals surface area contributed by atoms with E-state index in [1.165, 1.54) is 5.56 Å². The maximum Gasteiger partial charge on any atom is 0.360 e. The smallest absolute Gasteiger partial charge is 0.360 e. The van der Waals surface area contributed by atoms with E-state index in [9.17, 15) is 4.79 Å². The fourth-order valence-electron chi connectivity index (χ4n) is 2.13. The Kier molecular flexibility index (Phi) is 4.73. The van der Waals surface area contributed by atoms with Crippen LogP contribution in [0.15, 0.2) is 61.1 Å². The van der Waals surface area contributed by atoms with E-state index in [0.717, 1.165) is 18.5 Å². The summed E-state index contributed by atoms with van der Waals surface area (Å²) in [5.74, 6) is -0.457. The predicted molar refractivity (Wildman–Crippen MR) is 84.2 cm³/mol. The number of ether oxygens (including phenoxy) is 1. The minimum absolute atomic E-state index is 0.206. The summed E-state index contributed by atoms with van der Waals surface area (Å²) >= 11 is 0. The highest BCUT2D eigenvalue weighted by atomic mass is 16.5. The van der Waals surface area contributed by atoms with Crippen molar-refractivity contribution in [2.45, 2.75) is 12.8 Å². The van der Waals surface area contributed by atoms with E-state index in [0.29, 0.717) is 6.61 Å². The predicted octanol–water partition coefficient (Wildman–Crippen LogP) is 2.45. The third-order valence-electron chi connectivity index (χ3n) is 3.32. The topological polar surface area (TPSA) is 69.9 Å². The molecule has 0 aliphatic rings. The van der Waals surface area contributed by atoms with Gasteiger partial charge in [-0.2, -0.15) is 0 Å². The molecule has 3 aromatic rings. The highest BCUT2D eigenvalue weighted by Gasteiger charge is 2.12. The summed E-state index contributed by atoms with van der Waals surface area (Å²) in [6, 6.07) is 13.4. The van der Waals surface area contributed by atoms with Gasteiger partial charge in [0.25, 0.3) is 0 Å². The number of aromatic nitrogens is 4. The van der Waals surface area contributed by atoms with Gasteiger partial charge in [-0.1, -0.05) is 23.4 Å². The van der Waals surface area contributed by atoms with Gasteiger partial charge < -0.3 is 4.74 Å². The molecule has 6 heteroatoms. The Labute approximate surface area is 133 Å². The third kappa shape index (κ3) is 4.00. The van der Waals surface area contributed by atoms with Crippen LogP contribution in [-0.4, -0.2) is 32.6 Å². The second-order valence-electron chi connectivity index (χ2n) is 4.98. The molecule has 0 saturated heterocycles. The second kappa shape index (κ2) is 7.31. The summed E-state index contributed by atoms with van der Waals surface area (Å²) in [4.78, 5) is 15.9. The Morgan fingerprint density at radius 2 is 1.87 bits per heavy atom. The highest BCUT2D eigenvalue weighted by molar-refractivity contribution is 5.86. The van der Waals surface area contributed by atoms with Gasteiger partial charge in [0.2, 0.25) is 0 Å². The van der Waals surface area contributed by atoms with Crippen LogP contribution in [0.2, 0.25) is 0 Å². The van der Waals surface area contributed by atoms with Crippen molar-refractivity contribution >= 4 is 5.97 Å². The summed E-state index contributed by atoms with van der Waals surface area (Å²) in [6.07, 6.45) is 6.67. The van der Waals surface area contributed by atoms with Gasteiger partial charge >= 0.3 is 5.97 Å². The number of pyridine rings is 1. The third-order valence-corrected chi connectivity index (χ3v) is 3.32. The first-order chi connectivity index (χ1) is 11.3. The number of rotatable bonds is 6. The van der Waals surface area contributed by atoms with Crippen LogP contribution in [0.3, 0.4) is 0 Å². The molecule has 3 rings (SSSR count). The lowest BCUT2D eigenvalue weighted by atomic mass is 10.1. The number of hydrogen-bond acceptors (Lipinski definition) is 5. The first-order valence-electron chi connectivity index (χ1n) is 7.37. The molecular formula is C17H16N4O2. The van der Waals surface area contributed by atoms with Crippen molar-refractivity contribution in [3.63, 3.8) is 0 Å². The largest absolute Gasteiger partial charge is 0.461 e. The summed E-state index contributed by atoms with van der Waals surface area (Å²) in [5.41, 5.74) is 2.22. The van der Waals surface area contributed by atoms with Crippen molar-refractivity contribution < 1.29 is 9.53 Å². The van der Waals surface area contributed by atoms with Gasteiger partial charge in [0, 0.05) is 12.4 Å². The van der Waals surface area contributed by atoms with Gasteiger partial charge in [0.15, 0.2) is 5.69 Å². The molecule has 0 aliphatic carbocycles. The number of nitrogens with zero attached hydrogens (tertiary/aromatic N) is 4. The SMILES string of the molecule is O=C(OCCCc1ccncc1)c1cn(-c2ccccc2)nn1. The quantitative estimate of drug-likeness (QED) is 0.517. The maximum absolute atomic E-state index is 12.0. The molecule has 2 aromatic heterocycles. The van der Waals surface area contributed by atoms with Gasteiger partial charge in [-0.25, -0.2) is 9.48 Å². The Morgan fingerprint density at radius 1 is 1.09 bits per heavy atom. The van der Waals surface area contributed by atoms with Crippen molar-refractivity contribution in [1.29, 1.82) is 0 Å². The van der Waals surface area contributed by atoms with E-state index in [2.05, 4.69) is 15.3 Å². The van der Waals surface area contributed by atoms with Crippen LogP contribution in [0.4, 0.5) is 0 Å². The molecule has 23 heavy (non-hydrogen) atoms. The molecule has 0 bridgehead atoms. The fourth-order valence-corrected chi connectivity index (χ4v) is 2.13. The first-order valence-corrected chi connectivity index (χ1v) is 7.37. The Balaban J connectivity index is 1.50. The molecule has 2 heterocycles. The van der Waals surface area contributed by atoms with Gasteiger partial charge in [-0.3, -0.25) is 4.98 Å². The molecule has 0 radical (unpaired) electrons. The zero-order valence-electron chi connectivity index (χ0n) is 12.5. The van der Waals surface area contributed by atoms with E-state index in [-0.39, 0.29) is 5.69 Å². The molecular weight excluding hydrogens is 292 g/mol. The van der Waals surface area contributed by atoms with Crippen LogP contribution < -0.4 is 0 Å². The van der Waals surface area contributed by atoms with Gasteiger partial charge in [0.1, 0.15) is 0 Å². The summed E-state index contributed by atoms with van der Waals surface area (Å²) < 4.78 is 6.78. The number of hydrogen-bond donors (Lipinski definition) is 0. The molecule has 6 nitrogen and oxygen atoms in total. The molecule has 0 atom stereocenters. The van der Waals surface area contributed by atoms with Crippen molar-refractivity contribution in [2.75, 3.05) is 6.61 Å². The number of benzene rings is 1. The molecule has 0 unspecified atom stereocenters. The van der Waals surface area contributed by atoms with Crippen LogP contribution in [0.1, 0.15) is 22.5 Å². The lowest BCUT2D eigenvalue weighted by Gasteiger charge is -2.02. The average Bonchev–Trinajstić information content (AvgIpc) is 3.10. The van der Waals surface area contributed by atoms with E-state index < -0.39 is 5.97 Å². The minimum atomic E-state index is -0.457. The van der Waals surface area contributed by atoms with Crippen molar-refractivity contribution in [3.8, 4) is 5.69 Å². The monoisotopic (exact) mass is 308 g/mol. The Bertz CT molecular complexity index is 757. The molecule has 0 fully saturated rings. The molecule has 0 spiro atoms. The molecule has 1 aromatic carbocycles. The molecule has 116 valence electrons.